The third-order valence-corrected chi connectivity index (χ3v) is 5.68. The minimum Gasteiger partial charge on any atom is -0.318 e. The SMILES string of the molecule is CCc1ccc(N2C(=O)/C(=C/c3cc(C)n(-c4ccncc4)c3C)C(=O)NC2=S)cc1. The molecule has 1 N–H and O–H groups in total. The number of hydrogen-bond donors (Lipinski definition) is 1. The van der Waals surface area contributed by atoms with Crippen LogP contribution in [0.15, 0.2) is 60.4 Å². The van der Waals surface area contributed by atoms with Crippen LogP contribution in [0.2, 0.25) is 0 Å². The van der Waals surface area contributed by atoms with Gasteiger partial charge in [0.05, 0.1) is 5.69 Å². The molecule has 0 radical (unpaired) electrons. The first kappa shape index (κ1) is 20.7. The van der Waals surface area contributed by atoms with Gasteiger partial charge in [0.25, 0.3) is 11.8 Å². The van der Waals surface area contributed by atoms with Crippen molar-refractivity contribution in [3.8, 4) is 5.69 Å². The molecule has 4 rings (SSSR count). The second-order valence-electron chi connectivity index (χ2n) is 7.35. The van der Waals surface area contributed by atoms with E-state index in [0.717, 1.165) is 34.6 Å². The van der Waals surface area contributed by atoms with Crippen LogP contribution < -0.4 is 10.2 Å². The van der Waals surface area contributed by atoms with Crippen molar-refractivity contribution in [2.45, 2.75) is 27.2 Å². The highest BCUT2D eigenvalue weighted by molar-refractivity contribution is 7.80. The van der Waals surface area contributed by atoms with E-state index in [1.165, 1.54) is 4.90 Å². The summed E-state index contributed by atoms with van der Waals surface area (Å²) in [5, 5.41) is 2.73. The molecule has 1 aliphatic rings. The highest BCUT2D eigenvalue weighted by atomic mass is 32.1. The Morgan fingerprint density at radius 2 is 1.71 bits per heavy atom. The lowest BCUT2D eigenvalue weighted by atomic mass is 10.1. The Bertz CT molecular complexity index is 1210. The van der Waals surface area contributed by atoms with Gasteiger partial charge < -0.3 is 4.57 Å². The average Bonchev–Trinajstić information content (AvgIpc) is 3.05. The second-order valence-corrected chi connectivity index (χ2v) is 7.73. The maximum Gasteiger partial charge on any atom is 0.270 e. The third kappa shape index (κ3) is 3.80. The molecule has 31 heavy (non-hydrogen) atoms. The van der Waals surface area contributed by atoms with E-state index in [0.29, 0.717) is 5.69 Å². The predicted molar refractivity (Wildman–Crippen MR) is 125 cm³/mol. The van der Waals surface area contributed by atoms with Gasteiger partial charge >= 0.3 is 0 Å². The summed E-state index contributed by atoms with van der Waals surface area (Å²) in [5.41, 5.74) is 5.49. The van der Waals surface area contributed by atoms with E-state index in [1.807, 2.05) is 56.3 Å². The summed E-state index contributed by atoms with van der Waals surface area (Å²) in [6, 6.07) is 13.4. The molecule has 1 aromatic carbocycles. The van der Waals surface area contributed by atoms with E-state index in [4.69, 9.17) is 12.2 Å². The summed E-state index contributed by atoms with van der Waals surface area (Å²) in [6.07, 6.45) is 5.99. The molecule has 0 bridgehead atoms. The van der Waals surface area contributed by atoms with E-state index < -0.39 is 11.8 Å². The molecular weight excluding hydrogens is 408 g/mol. The lowest BCUT2D eigenvalue weighted by molar-refractivity contribution is -0.122. The van der Waals surface area contributed by atoms with Crippen LogP contribution >= 0.6 is 12.2 Å². The number of aryl methyl sites for hydroxylation is 2. The van der Waals surface area contributed by atoms with Crippen LogP contribution in [0, 0.1) is 13.8 Å². The van der Waals surface area contributed by atoms with Gasteiger partial charge in [0.1, 0.15) is 5.57 Å². The zero-order chi connectivity index (χ0) is 22.1. The fraction of sp³-hybridized carbons (Fsp3) is 0.167. The Morgan fingerprint density at radius 1 is 1.03 bits per heavy atom. The number of aromatic nitrogens is 2. The zero-order valence-electron chi connectivity index (χ0n) is 17.5. The molecule has 2 amide bonds. The molecular formula is C24H22N4O2S. The predicted octanol–water partition coefficient (Wildman–Crippen LogP) is 3.88. The summed E-state index contributed by atoms with van der Waals surface area (Å²) >= 11 is 5.29. The quantitative estimate of drug-likeness (QED) is 0.388. The molecule has 156 valence electrons. The number of carbonyl (C=O) groups is 2. The Morgan fingerprint density at radius 3 is 2.35 bits per heavy atom. The summed E-state index contributed by atoms with van der Waals surface area (Å²) in [6.45, 7) is 6.00. The van der Waals surface area contributed by atoms with Gasteiger partial charge in [-0.15, -0.1) is 0 Å². The molecule has 1 aliphatic heterocycles. The monoisotopic (exact) mass is 430 g/mol. The van der Waals surface area contributed by atoms with Gasteiger partial charge in [-0.2, -0.15) is 0 Å². The molecule has 7 heteroatoms. The van der Waals surface area contributed by atoms with Crippen LogP contribution in [0.5, 0.6) is 0 Å². The highest BCUT2D eigenvalue weighted by Crippen LogP contribution is 2.26. The normalized spacial score (nSPS) is 15.5. The van der Waals surface area contributed by atoms with Crippen molar-refractivity contribution in [1.29, 1.82) is 0 Å². The number of rotatable bonds is 4. The highest BCUT2D eigenvalue weighted by Gasteiger charge is 2.34. The van der Waals surface area contributed by atoms with Crippen molar-refractivity contribution >= 4 is 40.9 Å². The van der Waals surface area contributed by atoms with E-state index in [1.54, 1.807) is 18.5 Å². The first-order valence-corrected chi connectivity index (χ1v) is 10.4. The van der Waals surface area contributed by atoms with Gasteiger partial charge in [0.15, 0.2) is 5.11 Å². The van der Waals surface area contributed by atoms with Crippen LogP contribution in [0.4, 0.5) is 5.69 Å². The van der Waals surface area contributed by atoms with Gasteiger partial charge in [-0.3, -0.25) is 24.8 Å². The third-order valence-electron chi connectivity index (χ3n) is 5.40. The topological polar surface area (TPSA) is 67.2 Å². The van der Waals surface area contributed by atoms with Crippen LogP contribution in [0.1, 0.15) is 29.4 Å². The van der Waals surface area contributed by atoms with Gasteiger partial charge in [-0.05, 0) is 80.0 Å². The molecule has 0 unspecified atom stereocenters. The fourth-order valence-electron chi connectivity index (χ4n) is 3.75. The van der Waals surface area contributed by atoms with E-state index in [-0.39, 0.29) is 10.7 Å². The number of anilines is 1. The molecule has 0 atom stereocenters. The number of benzene rings is 1. The summed E-state index contributed by atoms with van der Waals surface area (Å²) < 4.78 is 2.06. The standard InChI is InChI=1S/C24H22N4O2S/c1-4-17-5-7-19(8-6-17)28-23(30)21(22(29)26-24(28)31)14-18-13-15(2)27(16(18)3)20-9-11-25-12-10-20/h5-14H,4H2,1-3H3,(H,26,29,31)/b21-14+. The molecule has 0 aliphatic carbocycles. The zero-order valence-corrected chi connectivity index (χ0v) is 18.4. The number of nitrogens with zero attached hydrogens (tertiary/aromatic N) is 3. The van der Waals surface area contributed by atoms with Gasteiger partial charge in [0, 0.05) is 29.5 Å². The number of pyridine rings is 1. The van der Waals surface area contributed by atoms with Crippen LogP contribution in [-0.2, 0) is 16.0 Å². The minimum absolute atomic E-state index is 0.0446. The van der Waals surface area contributed by atoms with Crippen LogP contribution in [0.3, 0.4) is 0 Å². The Hall–Kier alpha value is -3.58. The number of carbonyl (C=O) groups excluding carboxylic acids is 2. The van der Waals surface area contributed by atoms with Crippen molar-refractivity contribution < 1.29 is 9.59 Å². The second kappa shape index (κ2) is 8.28. The van der Waals surface area contributed by atoms with Crippen molar-refractivity contribution in [3.05, 3.63) is 82.9 Å². The van der Waals surface area contributed by atoms with Gasteiger partial charge in [-0.25, -0.2) is 0 Å². The maximum absolute atomic E-state index is 13.3. The largest absolute Gasteiger partial charge is 0.318 e. The molecule has 1 saturated heterocycles. The first-order valence-electron chi connectivity index (χ1n) is 10.0. The molecule has 3 aromatic rings. The molecule has 2 aromatic heterocycles. The van der Waals surface area contributed by atoms with E-state index in [9.17, 15) is 9.59 Å². The Balaban J connectivity index is 1.74. The molecule has 0 saturated carbocycles. The molecule has 6 nitrogen and oxygen atoms in total. The average molecular weight is 431 g/mol. The number of hydrogen-bond acceptors (Lipinski definition) is 4. The van der Waals surface area contributed by atoms with E-state index >= 15 is 0 Å². The fourth-order valence-corrected chi connectivity index (χ4v) is 4.03. The van der Waals surface area contributed by atoms with Crippen molar-refractivity contribution in [2.75, 3.05) is 4.90 Å². The lowest BCUT2D eigenvalue weighted by Gasteiger charge is -2.29. The number of nitrogens with one attached hydrogen (secondary N) is 1. The van der Waals surface area contributed by atoms with Crippen molar-refractivity contribution in [1.82, 2.24) is 14.9 Å². The summed E-state index contributed by atoms with van der Waals surface area (Å²) in [5.74, 6) is -0.933. The summed E-state index contributed by atoms with van der Waals surface area (Å²) in [7, 11) is 0. The first-order chi connectivity index (χ1) is 14.9. The minimum atomic E-state index is -0.495. The molecule has 3 heterocycles. The number of amides is 2. The summed E-state index contributed by atoms with van der Waals surface area (Å²) in [4.78, 5) is 31.3. The Labute approximate surface area is 186 Å². The molecule has 1 fully saturated rings. The Kier molecular flexibility index (Phi) is 5.52. The van der Waals surface area contributed by atoms with E-state index in [2.05, 4.69) is 21.8 Å². The smallest absolute Gasteiger partial charge is 0.270 e. The lowest BCUT2D eigenvalue weighted by Crippen LogP contribution is -2.54. The van der Waals surface area contributed by atoms with Crippen molar-refractivity contribution in [3.63, 3.8) is 0 Å². The van der Waals surface area contributed by atoms with Gasteiger partial charge in [0.2, 0.25) is 0 Å². The van der Waals surface area contributed by atoms with Crippen molar-refractivity contribution in [2.24, 2.45) is 0 Å². The number of thiocarbonyl (C=S) groups is 1. The van der Waals surface area contributed by atoms with Crippen LogP contribution in [0.25, 0.3) is 11.8 Å². The van der Waals surface area contributed by atoms with Crippen LogP contribution in [-0.4, -0.2) is 26.5 Å². The molecule has 0 spiro atoms. The maximum atomic E-state index is 13.3. The van der Waals surface area contributed by atoms with Gasteiger partial charge in [-0.1, -0.05) is 19.1 Å².